The van der Waals surface area contributed by atoms with Crippen LogP contribution in [0.15, 0.2) is 67.0 Å². The molecule has 0 saturated carbocycles. The van der Waals surface area contributed by atoms with E-state index in [-0.39, 0.29) is 17.7 Å². The Morgan fingerprint density at radius 3 is 2.41 bits per heavy atom. The van der Waals surface area contributed by atoms with E-state index in [0.29, 0.717) is 41.7 Å². The summed E-state index contributed by atoms with van der Waals surface area (Å²) in [5.41, 5.74) is 2.56. The molecule has 0 aliphatic heterocycles. The van der Waals surface area contributed by atoms with Crippen LogP contribution in [-0.2, 0) is 11.4 Å². The minimum Gasteiger partial charge on any atom is -0.490 e. The van der Waals surface area contributed by atoms with E-state index < -0.39 is 0 Å². The summed E-state index contributed by atoms with van der Waals surface area (Å²) in [5.74, 6) is 0.519. The Morgan fingerprint density at radius 1 is 0.938 bits per heavy atom. The van der Waals surface area contributed by atoms with Crippen molar-refractivity contribution in [1.29, 1.82) is 0 Å². The van der Waals surface area contributed by atoms with Gasteiger partial charge in [0.15, 0.2) is 11.5 Å². The normalized spacial score (nSPS) is 10.5. The van der Waals surface area contributed by atoms with Gasteiger partial charge >= 0.3 is 0 Å². The van der Waals surface area contributed by atoms with Crippen molar-refractivity contribution >= 4 is 23.2 Å². The second kappa shape index (κ2) is 10.9. The molecule has 0 aliphatic rings. The summed E-state index contributed by atoms with van der Waals surface area (Å²) >= 11 is 0. The summed E-state index contributed by atoms with van der Waals surface area (Å²) in [6, 6.07) is 15.8. The number of nitrogens with zero attached hydrogens (tertiary/aromatic N) is 1. The summed E-state index contributed by atoms with van der Waals surface area (Å²) in [6.45, 7) is 6.29. The lowest BCUT2D eigenvalue weighted by Gasteiger charge is -2.14. The lowest BCUT2D eigenvalue weighted by molar-refractivity contribution is -0.118. The van der Waals surface area contributed by atoms with Crippen LogP contribution in [0.5, 0.6) is 11.5 Å². The smallest absolute Gasteiger partial charge is 0.255 e. The molecule has 0 fully saturated rings. The number of anilines is 2. The Kier molecular flexibility index (Phi) is 7.80. The van der Waals surface area contributed by atoms with Gasteiger partial charge in [-0.25, -0.2) is 0 Å². The Hall–Kier alpha value is -3.87. The van der Waals surface area contributed by atoms with E-state index in [1.165, 1.54) is 0 Å². The Balaban J connectivity index is 1.71. The quantitative estimate of drug-likeness (QED) is 0.501. The average Bonchev–Trinajstić information content (AvgIpc) is 2.79. The van der Waals surface area contributed by atoms with Gasteiger partial charge in [-0.15, -0.1) is 0 Å². The summed E-state index contributed by atoms with van der Waals surface area (Å²) in [4.78, 5) is 28.8. The molecule has 0 unspecified atom stereocenters. The fourth-order valence-electron chi connectivity index (χ4n) is 2.85. The SMILES string of the molecule is CCOc1cc(C(=O)Nc2cccc(NC(=O)C(C)C)c2)ccc1OCc1cccnc1. The molecule has 7 heteroatoms. The van der Waals surface area contributed by atoms with Crippen molar-refractivity contribution in [2.24, 2.45) is 5.92 Å². The molecular weight excluding hydrogens is 406 g/mol. The number of ether oxygens (including phenoxy) is 2. The molecule has 0 spiro atoms. The van der Waals surface area contributed by atoms with Crippen LogP contribution in [0.3, 0.4) is 0 Å². The number of nitrogens with one attached hydrogen (secondary N) is 2. The Bertz CT molecular complexity index is 1070. The van der Waals surface area contributed by atoms with E-state index in [0.717, 1.165) is 5.56 Å². The molecule has 2 N–H and O–H groups in total. The second-order valence-electron chi connectivity index (χ2n) is 7.42. The molecule has 1 heterocycles. The van der Waals surface area contributed by atoms with Crippen molar-refractivity contribution in [3.63, 3.8) is 0 Å². The molecule has 2 amide bonds. The molecule has 7 nitrogen and oxygen atoms in total. The standard InChI is InChI=1S/C25H27N3O4/c1-4-31-23-13-19(10-11-22(23)32-16-18-7-6-12-26-15-18)25(30)28-21-9-5-8-20(14-21)27-24(29)17(2)3/h5-15,17H,4,16H2,1-3H3,(H,27,29)(H,28,30). The zero-order valence-electron chi connectivity index (χ0n) is 18.4. The molecular formula is C25H27N3O4. The zero-order chi connectivity index (χ0) is 22.9. The van der Waals surface area contributed by atoms with Crippen LogP contribution < -0.4 is 20.1 Å². The lowest BCUT2D eigenvalue weighted by atomic mass is 10.1. The van der Waals surface area contributed by atoms with Gasteiger partial charge in [-0.3, -0.25) is 14.6 Å². The summed E-state index contributed by atoms with van der Waals surface area (Å²) in [5, 5.41) is 5.68. The highest BCUT2D eigenvalue weighted by atomic mass is 16.5. The number of rotatable bonds is 9. The highest BCUT2D eigenvalue weighted by Crippen LogP contribution is 2.30. The topological polar surface area (TPSA) is 89.6 Å². The number of amides is 2. The highest BCUT2D eigenvalue weighted by Gasteiger charge is 2.13. The van der Waals surface area contributed by atoms with Gasteiger partial charge < -0.3 is 20.1 Å². The minimum atomic E-state index is -0.294. The van der Waals surface area contributed by atoms with E-state index >= 15 is 0 Å². The average molecular weight is 434 g/mol. The van der Waals surface area contributed by atoms with Crippen LogP contribution in [0.2, 0.25) is 0 Å². The third kappa shape index (κ3) is 6.31. The first-order valence-corrected chi connectivity index (χ1v) is 10.5. The first-order valence-electron chi connectivity index (χ1n) is 10.5. The number of hydrogen-bond acceptors (Lipinski definition) is 5. The van der Waals surface area contributed by atoms with E-state index in [2.05, 4.69) is 15.6 Å². The summed E-state index contributed by atoms with van der Waals surface area (Å²) in [7, 11) is 0. The van der Waals surface area contributed by atoms with Gasteiger partial charge in [0.25, 0.3) is 5.91 Å². The van der Waals surface area contributed by atoms with Gasteiger partial charge in [0, 0.05) is 40.8 Å². The number of aromatic nitrogens is 1. The van der Waals surface area contributed by atoms with Gasteiger partial charge in [0.05, 0.1) is 6.61 Å². The molecule has 3 aromatic rings. The largest absolute Gasteiger partial charge is 0.490 e. The van der Waals surface area contributed by atoms with E-state index in [1.807, 2.05) is 32.9 Å². The van der Waals surface area contributed by atoms with Crippen LogP contribution in [0.25, 0.3) is 0 Å². The van der Waals surface area contributed by atoms with Crippen LogP contribution in [0.1, 0.15) is 36.7 Å². The third-order valence-electron chi connectivity index (χ3n) is 4.54. The van der Waals surface area contributed by atoms with E-state index in [4.69, 9.17) is 9.47 Å². The lowest BCUT2D eigenvalue weighted by Crippen LogP contribution is -2.18. The molecule has 32 heavy (non-hydrogen) atoms. The molecule has 0 bridgehead atoms. The maximum atomic E-state index is 12.8. The molecule has 0 aliphatic carbocycles. The Labute approximate surface area is 187 Å². The first kappa shape index (κ1) is 22.8. The number of benzene rings is 2. The van der Waals surface area contributed by atoms with E-state index in [1.54, 1.807) is 54.9 Å². The van der Waals surface area contributed by atoms with Gasteiger partial charge in [0.2, 0.25) is 5.91 Å². The van der Waals surface area contributed by atoms with Crippen molar-refractivity contribution < 1.29 is 19.1 Å². The van der Waals surface area contributed by atoms with Crippen LogP contribution in [-0.4, -0.2) is 23.4 Å². The van der Waals surface area contributed by atoms with Gasteiger partial charge in [0.1, 0.15) is 6.61 Å². The van der Waals surface area contributed by atoms with Crippen LogP contribution >= 0.6 is 0 Å². The van der Waals surface area contributed by atoms with E-state index in [9.17, 15) is 9.59 Å². The fourth-order valence-corrected chi connectivity index (χ4v) is 2.85. The number of pyridine rings is 1. The summed E-state index contributed by atoms with van der Waals surface area (Å²) < 4.78 is 11.5. The maximum Gasteiger partial charge on any atom is 0.255 e. The third-order valence-corrected chi connectivity index (χ3v) is 4.54. The maximum absolute atomic E-state index is 12.8. The van der Waals surface area contributed by atoms with Crippen LogP contribution in [0.4, 0.5) is 11.4 Å². The molecule has 1 aromatic heterocycles. The molecule has 0 radical (unpaired) electrons. The first-order chi connectivity index (χ1) is 15.5. The van der Waals surface area contributed by atoms with Gasteiger partial charge in [-0.1, -0.05) is 26.0 Å². The number of carbonyl (C=O) groups excluding carboxylic acids is 2. The van der Waals surface area contributed by atoms with Gasteiger partial charge in [-0.05, 0) is 49.4 Å². The predicted molar refractivity (Wildman–Crippen MR) is 124 cm³/mol. The van der Waals surface area contributed by atoms with Crippen molar-refractivity contribution in [3.8, 4) is 11.5 Å². The monoisotopic (exact) mass is 433 g/mol. The van der Waals surface area contributed by atoms with Crippen LogP contribution in [0, 0.1) is 5.92 Å². The van der Waals surface area contributed by atoms with Crippen molar-refractivity contribution in [2.75, 3.05) is 17.2 Å². The summed E-state index contributed by atoms with van der Waals surface area (Å²) in [6.07, 6.45) is 3.44. The van der Waals surface area contributed by atoms with Crippen molar-refractivity contribution in [2.45, 2.75) is 27.4 Å². The molecule has 0 atom stereocenters. The number of hydrogen-bond donors (Lipinski definition) is 2. The van der Waals surface area contributed by atoms with Crippen molar-refractivity contribution in [1.82, 2.24) is 4.98 Å². The fraction of sp³-hybridized carbons (Fsp3) is 0.240. The Morgan fingerprint density at radius 2 is 1.72 bits per heavy atom. The molecule has 166 valence electrons. The highest BCUT2D eigenvalue weighted by molar-refractivity contribution is 6.05. The molecule has 3 rings (SSSR count). The zero-order valence-corrected chi connectivity index (χ0v) is 18.4. The molecule has 2 aromatic carbocycles. The minimum absolute atomic E-state index is 0.0864. The van der Waals surface area contributed by atoms with Crippen molar-refractivity contribution in [3.05, 3.63) is 78.1 Å². The second-order valence-corrected chi connectivity index (χ2v) is 7.42. The molecule has 0 saturated heterocycles. The van der Waals surface area contributed by atoms with Gasteiger partial charge in [-0.2, -0.15) is 0 Å². The predicted octanol–water partition coefficient (Wildman–Crippen LogP) is 4.91. The number of carbonyl (C=O) groups is 2.